The molecule has 0 amide bonds. The van der Waals surface area contributed by atoms with Gasteiger partial charge in [0.05, 0.1) is 0 Å². The summed E-state index contributed by atoms with van der Waals surface area (Å²) in [7, 11) is 0. The molecule has 15 nitrogen and oxygen atoms in total. The third kappa shape index (κ3) is 13.8. The molecule has 1 heterocycles. The third-order valence-corrected chi connectivity index (χ3v) is 15.0. The van der Waals surface area contributed by atoms with Crippen LogP contribution in [0.15, 0.2) is 0 Å². The number of hydrogen-bond donors (Lipinski definition) is 0. The second-order valence-electron chi connectivity index (χ2n) is 19.4. The first-order valence-corrected chi connectivity index (χ1v) is 22.5. The summed E-state index contributed by atoms with van der Waals surface area (Å²) in [4.78, 5) is 85.0. The Morgan fingerprint density at radius 1 is 0.520 bits per heavy atom. The van der Waals surface area contributed by atoms with Crippen molar-refractivity contribution < 1.29 is 150 Å². The van der Waals surface area contributed by atoms with Gasteiger partial charge in [-0.3, -0.25) is 4.79 Å². The van der Waals surface area contributed by atoms with Crippen molar-refractivity contribution in [3.8, 4) is 0 Å². The topological polar surface area (TPSA) is 193 Å². The normalized spacial score (nSPS) is 33.8. The molecular weight excluding hydrogens is 1090 g/mol. The fourth-order valence-corrected chi connectivity index (χ4v) is 11.8. The SMILES string of the molecule is C[C@H](CCC(=O)O[C@@H]1O[C@H](COC(=O)C(F)(F)F)[C@H](OC(=O)C(F)(F)F)[C@H](OC(=O)C(F)(F)F)[C@H]1OC(=O)C(F)(F)F)[C@H]1CCC2C3C(CC[C@@]21C)[C@@]1(C)CC[C@@H](OC(=O)C(F)(F)F)CC1C[C@@H]3OC(=O)C(F)(F)F. The molecule has 5 aliphatic rings. The molecule has 15 atom stereocenters. The first-order valence-electron chi connectivity index (χ1n) is 22.5. The van der Waals surface area contributed by atoms with Crippen LogP contribution in [0.25, 0.3) is 0 Å². The van der Waals surface area contributed by atoms with Gasteiger partial charge in [0.2, 0.25) is 12.4 Å². The van der Waals surface area contributed by atoms with Crippen LogP contribution in [0, 0.1) is 46.3 Å². The molecule has 428 valence electrons. The van der Waals surface area contributed by atoms with Gasteiger partial charge in [-0.15, -0.1) is 0 Å². The number of fused-ring (bicyclic) bond motifs is 5. The first-order chi connectivity index (χ1) is 34.0. The number of esters is 7. The predicted molar refractivity (Wildman–Crippen MR) is 200 cm³/mol. The van der Waals surface area contributed by atoms with E-state index in [2.05, 4.69) is 23.7 Å². The maximum Gasteiger partial charge on any atom is 0.490 e. The molecule has 75 heavy (non-hydrogen) atoms. The minimum absolute atomic E-state index is 0.0439. The Labute approximate surface area is 410 Å². The van der Waals surface area contributed by atoms with Gasteiger partial charge in [-0.2, -0.15) is 79.0 Å². The number of alkyl halides is 18. The quantitative estimate of drug-likeness (QED) is 0.103. The zero-order valence-corrected chi connectivity index (χ0v) is 38.7. The fraction of sp³-hybridized carbons (Fsp3) is 0.833. The predicted octanol–water partition coefficient (Wildman–Crippen LogP) is 8.42. The highest BCUT2D eigenvalue weighted by Crippen LogP contribution is 2.69. The molecule has 4 saturated carbocycles. The highest BCUT2D eigenvalue weighted by atomic mass is 19.4. The molecule has 33 heteroatoms. The number of carbonyl (C=O) groups is 7. The Bertz CT molecular complexity index is 2160. The summed E-state index contributed by atoms with van der Waals surface area (Å²) in [5, 5.41) is 0. The summed E-state index contributed by atoms with van der Waals surface area (Å²) in [6.45, 7) is 2.94. The molecule has 0 spiro atoms. The molecule has 0 N–H and O–H groups in total. The van der Waals surface area contributed by atoms with Gasteiger partial charge in [-0.25, -0.2) is 28.8 Å². The Kier molecular flexibility index (Phi) is 17.4. The maximum atomic E-state index is 13.7. The lowest BCUT2D eigenvalue weighted by atomic mass is 9.43. The minimum atomic E-state index is -6.24. The number of ether oxygens (including phenoxy) is 8. The van der Waals surface area contributed by atoms with Crippen molar-refractivity contribution in [2.75, 3.05) is 6.61 Å². The van der Waals surface area contributed by atoms with E-state index >= 15 is 0 Å². The van der Waals surface area contributed by atoms with Crippen molar-refractivity contribution >= 4 is 41.8 Å². The summed E-state index contributed by atoms with van der Waals surface area (Å²) in [6.07, 6.45) is -55.6. The number of halogens is 18. The highest BCUT2D eigenvalue weighted by molar-refractivity contribution is 5.79. The zero-order chi connectivity index (χ0) is 57.0. The molecule has 0 aromatic carbocycles. The molecule has 0 aromatic heterocycles. The lowest BCUT2D eigenvalue weighted by molar-refractivity contribution is -0.315. The van der Waals surface area contributed by atoms with Gasteiger partial charge in [0.15, 0.2) is 12.2 Å². The smallest absolute Gasteiger partial charge is 0.456 e. The Hall–Kier alpha value is -5.01. The summed E-state index contributed by atoms with van der Waals surface area (Å²) in [5.41, 5.74) is -1.64. The van der Waals surface area contributed by atoms with E-state index < -0.39 is 181 Å². The van der Waals surface area contributed by atoms with E-state index in [1.54, 1.807) is 20.8 Å². The molecule has 0 aromatic rings. The molecule has 0 radical (unpaired) electrons. The second kappa shape index (κ2) is 21.4. The van der Waals surface area contributed by atoms with Crippen molar-refractivity contribution in [1.82, 2.24) is 0 Å². The summed E-state index contributed by atoms with van der Waals surface area (Å²) < 4.78 is 276. The van der Waals surface area contributed by atoms with Gasteiger partial charge in [0.1, 0.15) is 24.9 Å². The lowest BCUT2D eigenvalue weighted by Gasteiger charge is -2.62. The largest absolute Gasteiger partial charge is 0.490 e. The van der Waals surface area contributed by atoms with E-state index in [1.165, 1.54) is 0 Å². The van der Waals surface area contributed by atoms with Crippen molar-refractivity contribution in [3.63, 3.8) is 0 Å². The molecule has 1 saturated heterocycles. The van der Waals surface area contributed by atoms with Gasteiger partial charge in [-0.1, -0.05) is 20.8 Å². The molecular formula is C42H44F18O15. The molecule has 1 aliphatic heterocycles. The Morgan fingerprint density at radius 3 is 1.49 bits per heavy atom. The van der Waals surface area contributed by atoms with Crippen LogP contribution in [0.4, 0.5) is 79.0 Å². The standard InChI is InChI=1S/C42H44F18O15/c1-15(18-5-6-19-24-20(9-11-36(18,19)3)35(2)10-8-17(69-30(63)38(46,47)48)12-16(35)13-21(24)71-31(64)39(49,50)51)4-7-23(61)72-28-27(75-34(67)42(58,59)60)26(74-33(66)41(55,56)57)25(73-32(65)40(52,53)54)22(70-28)14-68-29(62)37(43,44)45/h15-22,24-28H,4-14H2,1-3H3/t15-,16?,17-,18-,19?,20?,21+,22-,24?,25+,26+,27-,28+,35+,36-/m1/s1. The van der Waals surface area contributed by atoms with Gasteiger partial charge in [0, 0.05) is 12.3 Å². The zero-order valence-electron chi connectivity index (χ0n) is 38.7. The molecule has 5 rings (SSSR count). The van der Waals surface area contributed by atoms with Gasteiger partial charge >= 0.3 is 78.8 Å². The minimum Gasteiger partial charge on any atom is -0.456 e. The van der Waals surface area contributed by atoms with Crippen LogP contribution in [0.2, 0.25) is 0 Å². The molecule has 4 unspecified atom stereocenters. The summed E-state index contributed by atoms with van der Waals surface area (Å²) in [6, 6.07) is 0. The van der Waals surface area contributed by atoms with E-state index in [9.17, 15) is 113 Å². The average Bonchev–Trinajstić information content (AvgIpc) is 3.62. The van der Waals surface area contributed by atoms with Crippen LogP contribution < -0.4 is 0 Å². The van der Waals surface area contributed by atoms with Crippen molar-refractivity contribution in [3.05, 3.63) is 0 Å². The van der Waals surface area contributed by atoms with E-state index in [1.807, 2.05) is 0 Å². The third-order valence-electron chi connectivity index (χ3n) is 15.0. The van der Waals surface area contributed by atoms with E-state index in [0.717, 1.165) is 0 Å². The van der Waals surface area contributed by atoms with E-state index in [0.29, 0.717) is 6.42 Å². The summed E-state index contributed by atoms with van der Waals surface area (Å²) in [5.74, 6) is -24.1. The Morgan fingerprint density at radius 2 is 0.973 bits per heavy atom. The highest BCUT2D eigenvalue weighted by Gasteiger charge is 2.66. The van der Waals surface area contributed by atoms with E-state index in [4.69, 9.17) is 14.2 Å². The maximum absolute atomic E-state index is 13.7. The fourth-order valence-electron chi connectivity index (χ4n) is 11.8. The van der Waals surface area contributed by atoms with E-state index in [-0.39, 0.29) is 51.4 Å². The number of carbonyl (C=O) groups excluding carboxylic acids is 7. The van der Waals surface area contributed by atoms with Crippen LogP contribution in [-0.4, -0.2) is 128 Å². The summed E-state index contributed by atoms with van der Waals surface area (Å²) >= 11 is 0. The lowest BCUT2D eigenvalue weighted by Crippen LogP contribution is -2.64. The monoisotopic (exact) mass is 1130 g/mol. The molecule has 0 bridgehead atoms. The van der Waals surface area contributed by atoms with Crippen molar-refractivity contribution in [2.45, 2.75) is 165 Å². The van der Waals surface area contributed by atoms with Crippen LogP contribution in [0.1, 0.15) is 85.0 Å². The van der Waals surface area contributed by atoms with Gasteiger partial charge in [0.25, 0.3) is 0 Å². The van der Waals surface area contributed by atoms with Crippen molar-refractivity contribution in [1.29, 1.82) is 0 Å². The van der Waals surface area contributed by atoms with Gasteiger partial charge in [-0.05, 0) is 98.2 Å². The number of hydrogen-bond acceptors (Lipinski definition) is 15. The number of rotatable bonds is 12. The van der Waals surface area contributed by atoms with Crippen LogP contribution >= 0.6 is 0 Å². The van der Waals surface area contributed by atoms with Gasteiger partial charge < -0.3 is 37.9 Å². The first kappa shape index (κ1) is 60.9. The average molecular weight is 1130 g/mol. The molecule has 5 fully saturated rings. The molecule has 4 aliphatic carbocycles. The van der Waals surface area contributed by atoms with Crippen LogP contribution in [-0.2, 0) is 71.5 Å². The van der Waals surface area contributed by atoms with Crippen molar-refractivity contribution in [2.24, 2.45) is 46.3 Å². The van der Waals surface area contributed by atoms with Crippen LogP contribution in [0.5, 0.6) is 0 Å². The van der Waals surface area contributed by atoms with Crippen LogP contribution in [0.3, 0.4) is 0 Å². The Balaban J connectivity index is 1.41. The second-order valence-corrected chi connectivity index (χ2v) is 19.4.